The molecule has 2 rings (SSSR count). The average molecular weight is 221 g/mol. The van der Waals surface area contributed by atoms with Gasteiger partial charge in [-0.15, -0.1) is 0 Å². The second kappa shape index (κ2) is 4.38. The third-order valence-electron chi connectivity index (χ3n) is 2.76. The van der Waals surface area contributed by atoms with Crippen molar-refractivity contribution < 1.29 is 9.53 Å². The van der Waals surface area contributed by atoms with Gasteiger partial charge in [-0.1, -0.05) is 0 Å². The van der Waals surface area contributed by atoms with Crippen molar-refractivity contribution >= 4 is 17.5 Å². The first-order chi connectivity index (χ1) is 7.70. The van der Waals surface area contributed by atoms with Gasteiger partial charge in [0.1, 0.15) is 11.4 Å². The number of carbonyl (C=O) groups excluding carboxylic acids is 1. The van der Waals surface area contributed by atoms with E-state index in [4.69, 9.17) is 10.5 Å². The maximum atomic E-state index is 11.5. The summed E-state index contributed by atoms with van der Waals surface area (Å²) in [5.41, 5.74) is 6.45. The first-order valence-corrected chi connectivity index (χ1v) is 5.31. The van der Waals surface area contributed by atoms with Crippen molar-refractivity contribution in [3.05, 3.63) is 17.8 Å². The number of rotatable bonds is 3. The molecule has 86 valence electrons. The summed E-state index contributed by atoms with van der Waals surface area (Å²) in [7, 11) is 1.35. The molecule has 1 aliphatic carbocycles. The number of pyridine rings is 1. The second-order valence-corrected chi connectivity index (χ2v) is 3.93. The number of nitrogens with zero attached hydrogens (tertiary/aromatic N) is 1. The molecule has 1 heterocycles. The van der Waals surface area contributed by atoms with E-state index in [-0.39, 0.29) is 0 Å². The van der Waals surface area contributed by atoms with Crippen LogP contribution < -0.4 is 11.1 Å². The van der Waals surface area contributed by atoms with Gasteiger partial charge in [0.25, 0.3) is 0 Å². The Morgan fingerprint density at radius 1 is 1.62 bits per heavy atom. The van der Waals surface area contributed by atoms with E-state index in [0.29, 0.717) is 23.1 Å². The highest BCUT2D eigenvalue weighted by Crippen LogP contribution is 2.25. The van der Waals surface area contributed by atoms with Crippen LogP contribution in [0.15, 0.2) is 12.3 Å². The van der Waals surface area contributed by atoms with Crippen molar-refractivity contribution in [2.75, 3.05) is 18.2 Å². The first-order valence-electron chi connectivity index (χ1n) is 5.31. The third kappa shape index (κ3) is 2.08. The lowest BCUT2D eigenvalue weighted by atomic mass is 9.93. The molecule has 0 aromatic carbocycles. The largest absolute Gasteiger partial charge is 0.465 e. The lowest BCUT2D eigenvalue weighted by Gasteiger charge is -2.27. The molecule has 3 N–H and O–H groups in total. The Hall–Kier alpha value is -1.78. The number of methoxy groups -OCH3 is 1. The van der Waals surface area contributed by atoms with Gasteiger partial charge in [0.15, 0.2) is 0 Å². The van der Waals surface area contributed by atoms with Crippen LogP contribution in [0.3, 0.4) is 0 Å². The zero-order valence-electron chi connectivity index (χ0n) is 9.19. The molecule has 0 radical (unpaired) electrons. The molecular weight excluding hydrogens is 206 g/mol. The Balaban J connectivity index is 2.23. The summed E-state index contributed by atoms with van der Waals surface area (Å²) >= 11 is 0. The summed E-state index contributed by atoms with van der Waals surface area (Å²) in [4.78, 5) is 15.6. The third-order valence-corrected chi connectivity index (χ3v) is 2.76. The van der Waals surface area contributed by atoms with Crippen molar-refractivity contribution in [3.8, 4) is 0 Å². The smallest absolute Gasteiger partial charge is 0.341 e. The second-order valence-electron chi connectivity index (χ2n) is 3.93. The number of hydrogen-bond acceptors (Lipinski definition) is 5. The zero-order chi connectivity index (χ0) is 11.5. The summed E-state index contributed by atoms with van der Waals surface area (Å²) < 4.78 is 4.69. The van der Waals surface area contributed by atoms with E-state index in [1.165, 1.54) is 19.7 Å². The van der Waals surface area contributed by atoms with Crippen LogP contribution in [0, 0.1) is 0 Å². The highest BCUT2D eigenvalue weighted by atomic mass is 16.5. The first kappa shape index (κ1) is 10.7. The molecule has 1 aromatic rings. The topological polar surface area (TPSA) is 77.2 Å². The Labute approximate surface area is 94.0 Å². The number of nitrogens with two attached hydrogens (primary N) is 1. The van der Waals surface area contributed by atoms with Crippen LogP contribution in [0.1, 0.15) is 29.6 Å². The molecule has 5 nitrogen and oxygen atoms in total. The molecule has 0 unspecified atom stereocenters. The summed E-state index contributed by atoms with van der Waals surface area (Å²) in [6.07, 6.45) is 4.99. The van der Waals surface area contributed by atoms with E-state index in [9.17, 15) is 4.79 Å². The van der Waals surface area contributed by atoms with Crippen LogP contribution in [0.4, 0.5) is 11.5 Å². The molecule has 0 atom stereocenters. The van der Waals surface area contributed by atoms with E-state index in [0.717, 1.165) is 12.8 Å². The van der Waals surface area contributed by atoms with Gasteiger partial charge in [0.2, 0.25) is 0 Å². The number of esters is 1. The maximum absolute atomic E-state index is 11.5. The normalized spacial score (nSPS) is 15.3. The minimum absolute atomic E-state index is 0.398. The van der Waals surface area contributed by atoms with Gasteiger partial charge in [-0.05, 0) is 25.3 Å². The predicted octanol–water partition coefficient (Wildman–Crippen LogP) is 1.41. The van der Waals surface area contributed by atoms with Crippen molar-refractivity contribution in [2.24, 2.45) is 0 Å². The summed E-state index contributed by atoms with van der Waals surface area (Å²) in [5, 5.41) is 3.22. The zero-order valence-corrected chi connectivity index (χ0v) is 9.19. The minimum Gasteiger partial charge on any atom is -0.465 e. The molecule has 0 saturated heterocycles. The Morgan fingerprint density at radius 2 is 2.38 bits per heavy atom. The molecule has 0 spiro atoms. The van der Waals surface area contributed by atoms with Crippen molar-refractivity contribution in [3.63, 3.8) is 0 Å². The number of hydrogen-bond donors (Lipinski definition) is 2. The highest BCUT2D eigenvalue weighted by molar-refractivity contribution is 5.95. The van der Waals surface area contributed by atoms with E-state index in [2.05, 4.69) is 10.3 Å². The van der Waals surface area contributed by atoms with Gasteiger partial charge in [-0.2, -0.15) is 0 Å². The summed E-state index contributed by atoms with van der Waals surface area (Å²) in [6, 6.07) is 2.00. The molecule has 1 saturated carbocycles. The van der Waals surface area contributed by atoms with Crippen molar-refractivity contribution in [1.29, 1.82) is 0 Å². The molecule has 0 amide bonds. The number of nitrogen functional groups attached to an aromatic ring is 1. The summed E-state index contributed by atoms with van der Waals surface area (Å²) in [6.45, 7) is 0. The quantitative estimate of drug-likeness (QED) is 0.755. The Kier molecular flexibility index (Phi) is 2.94. The molecular formula is C11H15N3O2. The molecule has 5 heteroatoms. The van der Waals surface area contributed by atoms with Crippen LogP contribution in [-0.2, 0) is 4.74 Å². The van der Waals surface area contributed by atoms with Crippen molar-refractivity contribution in [2.45, 2.75) is 25.3 Å². The SMILES string of the molecule is COC(=O)c1cc(N)cnc1NC1CCC1. The van der Waals surface area contributed by atoms with Crippen LogP contribution in [0.2, 0.25) is 0 Å². The fourth-order valence-corrected chi connectivity index (χ4v) is 1.61. The fraction of sp³-hybridized carbons (Fsp3) is 0.455. The minimum atomic E-state index is -0.415. The van der Waals surface area contributed by atoms with Gasteiger partial charge in [0, 0.05) is 6.04 Å². The van der Waals surface area contributed by atoms with Crippen molar-refractivity contribution in [1.82, 2.24) is 4.98 Å². The Morgan fingerprint density at radius 3 is 2.94 bits per heavy atom. The van der Waals surface area contributed by atoms with Gasteiger partial charge < -0.3 is 15.8 Å². The van der Waals surface area contributed by atoms with Gasteiger partial charge in [-0.25, -0.2) is 9.78 Å². The lowest BCUT2D eigenvalue weighted by Crippen LogP contribution is -2.28. The molecule has 1 aliphatic rings. The van der Waals surface area contributed by atoms with Gasteiger partial charge in [-0.3, -0.25) is 0 Å². The maximum Gasteiger partial charge on any atom is 0.341 e. The van der Waals surface area contributed by atoms with Crippen LogP contribution in [0.25, 0.3) is 0 Å². The lowest BCUT2D eigenvalue weighted by molar-refractivity contribution is 0.0601. The molecule has 16 heavy (non-hydrogen) atoms. The predicted molar refractivity (Wildman–Crippen MR) is 61.3 cm³/mol. The number of aromatic nitrogens is 1. The van der Waals surface area contributed by atoms with Crippen LogP contribution >= 0.6 is 0 Å². The van der Waals surface area contributed by atoms with E-state index >= 15 is 0 Å². The van der Waals surface area contributed by atoms with Gasteiger partial charge >= 0.3 is 5.97 Å². The number of carbonyl (C=O) groups is 1. The molecule has 1 aromatic heterocycles. The van der Waals surface area contributed by atoms with Gasteiger partial charge in [0.05, 0.1) is 19.0 Å². The number of anilines is 2. The standard InChI is InChI=1S/C11H15N3O2/c1-16-11(15)9-5-7(12)6-13-10(9)14-8-3-2-4-8/h5-6,8H,2-4,12H2,1H3,(H,13,14). The van der Waals surface area contributed by atoms with E-state index in [1.807, 2.05) is 0 Å². The molecule has 1 fully saturated rings. The highest BCUT2D eigenvalue weighted by Gasteiger charge is 2.21. The molecule has 0 bridgehead atoms. The van der Waals surface area contributed by atoms with Crippen LogP contribution in [-0.4, -0.2) is 24.1 Å². The number of nitrogens with one attached hydrogen (secondary N) is 1. The molecule has 0 aliphatic heterocycles. The summed E-state index contributed by atoms with van der Waals surface area (Å²) in [5.74, 6) is 0.146. The Bertz CT molecular complexity index is 402. The fourth-order valence-electron chi connectivity index (χ4n) is 1.61. The average Bonchev–Trinajstić information content (AvgIpc) is 2.23. The van der Waals surface area contributed by atoms with E-state index < -0.39 is 5.97 Å². The number of ether oxygens (including phenoxy) is 1. The monoisotopic (exact) mass is 221 g/mol. The van der Waals surface area contributed by atoms with E-state index in [1.54, 1.807) is 6.07 Å². The van der Waals surface area contributed by atoms with Crippen LogP contribution in [0.5, 0.6) is 0 Å².